The van der Waals surface area contributed by atoms with Crippen LogP contribution >= 0.6 is 22.9 Å². The maximum absolute atomic E-state index is 12.4. The summed E-state index contributed by atoms with van der Waals surface area (Å²) in [7, 11) is -3.68. The van der Waals surface area contributed by atoms with Crippen LogP contribution in [0.3, 0.4) is 0 Å². The van der Waals surface area contributed by atoms with Crippen LogP contribution in [0.5, 0.6) is 0 Å². The summed E-state index contributed by atoms with van der Waals surface area (Å²) in [5, 5.41) is 12.0. The lowest BCUT2D eigenvalue weighted by Gasteiger charge is -2.21. The second-order valence-corrected chi connectivity index (χ2v) is 9.40. The second-order valence-electron chi connectivity index (χ2n) is 6.08. The lowest BCUT2D eigenvalue weighted by atomic mass is 10.2. The largest absolute Gasteiger partial charge is 0.299 e. The second kappa shape index (κ2) is 8.26. The number of benzene rings is 2. The van der Waals surface area contributed by atoms with Gasteiger partial charge in [-0.2, -0.15) is 0 Å². The van der Waals surface area contributed by atoms with Crippen LogP contribution in [0.25, 0.3) is 10.6 Å². The number of hydrogen-bond donors (Lipinski definition) is 1. The van der Waals surface area contributed by atoms with Crippen molar-refractivity contribution in [2.45, 2.75) is 6.92 Å². The lowest BCUT2D eigenvalue weighted by molar-refractivity contribution is -0.114. The molecule has 28 heavy (non-hydrogen) atoms. The van der Waals surface area contributed by atoms with E-state index in [1.807, 2.05) is 31.2 Å². The fraction of sp³-hybridized carbons (Fsp3) is 0.167. The topological polar surface area (TPSA) is 92.3 Å². The fourth-order valence-electron chi connectivity index (χ4n) is 2.41. The summed E-state index contributed by atoms with van der Waals surface area (Å²) in [6, 6.07) is 14.1. The number of amides is 1. The summed E-state index contributed by atoms with van der Waals surface area (Å²) in [5.74, 6) is -0.531. The number of aromatic nitrogens is 2. The summed E-state index contributed by atoms with van der Waals surface area (Å²) in [6.07, 6.45) is 1.03. The molecule has 0 aliphatic rings. The predicted octanol–water partition coefficient (Wildman–Crippen LogP) is 3.57. The Hall–Kier alpha value is -2.49. The van der Waals surface area contributed by atoms with E-state index in [0.29, 0.717) is 20.8 Å². The highest BCUT2D eigenvalue weighted by atomic mass is 35.5. The third-order valence-electron chi connectivity index (χ3n) is 3.75. The Kier molecular flexibility index (Phi) is 5.97. The molecule has 1 N–H and O–H groups in total. The number of rotatable bonds is 6. The van der Waals surface area contributed by atoms with Crippen LogP contribution in [0.2, 0.25) is 5.02 Å². The quantitative estimate of drug-likeness (QED) is 0.637. The molecule has 0 saturated carbocycles. The van der Waals surface area contributed by atoms with E-state index in [0.717, 1.165) is 21.7 Å². The maximum atomic E-state index is 12.4. The summed E-state index contributed by atoms with van der Waals surface area (Å²) < 4.78 is 25.2. The van der Waals surface area contributed by atoms with Gasteiger partial charge in [0.05, 0.1) is 11.9 Å². The Morgan fingerprint density at radius 3 is 2.54 bits per heavy atom. The monoisotopic (exact) mass is 436 g/mol. The SMILES string of the molecule is Cc1ccc(-c2nnc(NC(=O)CN(c3cccc(Cl)c3)S(C)(=O)=O)s2)cc1. The van der Waals surface area contributed by atoms with E-state index in [-0.39, 0.29) is 0 Å². The molecule has 7 nitrogen and oxygen atoms in total. The summed E-state index contributed by atoms with van der Waals surface area (Å²) in [6.45, 7) is 1.58. The Bertz CT molecular complexity index is 1100. The normalized spacial score (nSPS) is 11.2. The molecule has 0 spiro atoms. The van der Waals surface area contributed by atoms with Crippen molar-refractivity contribution >= 4 is 49.7 Å². The summed E-state index contributed by atoms with van der Waals surface area (Å²) >= 11 is 7.15. The minimum absolute atomic E-state index is 0.292. The van der Waals surface area contributed by atoms with Crippen molar-refractivity contribution in [3.8, 4) is 10.6 Å². The van der Waals surface area contributed by atoms with Gasteiger partial charge in [-0.25, -0.2) is 8.42 Å². The number of halogens is 1. The van der Waals surface area contributed by atoms with Crippen molar-refractivity contribution in [3.63, 3.8) is 0 Å². The van der Waals surface area contributed by atoms with Gasteiger partial charge in [-0.05, 0) is 25.1 Å². The molecule has 1 amide bonds. The number of nitrogens with one attached hydrogen (secondary N) is 1. The van der Waals surface area contributed by atoms with Crippen molar-refractivity contribution in [2.75, 3.05) is 22.4 Å². The third-order valence-corrected chi connectivity index (χ3v) is 6.02. The molecular weight excluding hydrogens is 420 g/mol. The molecule has 0 unspecified atom stereocenters. The smallest absolute Gasteiger partial charge is 0.246 e. The molecule has 1 aromatic heterocycles. The van der Waals surface area contributed by atoms with Gasteiger partial charge in [-0.1, -0.05) is 58.8 Å². The first-order chi connectivity index (χ1) is 13.2. The molecule has 0 aliphatic carbocycles. The van der Waals surface area contributed by atoms with Crippen molar-refractivity contribution in [1.29, 1.82) is 0 Å². The average molecular weight is 437 g/mol. The van der Waals surface area contributed by atoms with Crippen molar-refractivity contribution in [1.82, 2.24) is 10.2 Å². The van der Waals surface area contributed by atoms with E-state index in [9.17, 15) is 13.2 Å². The highest BCUT2D eigenvalue weighted by molar-refractivity contribution is 7.92. The Morgan fingerprint density at radius 2 is 1.89 bits per heavy atom. The number of aryl methyl sites for hydroxylation is 1. The zero-order valence-electron chi connectivity index (χ0n) is 15.1. The number of carbonyl (C=O) groups excluding carboxylic acids is 1. The van der Waals surface area contributed by atoms with E-state index >= 15 is 0 Å². The molecule has 0 bridgehead atoms. The van der Waals surface area contributed by atoms with Gasteiger partial charge in [0.25, 0.3) is 0 Å². The molecule has 3 aromatic rings. The molecule has 0 aliphatic heterocycles. The fourth-order valence-corrected chi connectivity index (χ4v) is 4.21. The standard InChI is InChI=1S/C18H17ClN4O3S2/c1-12-6-8-13(9-7-12)17-21-22-18(27-17)20-16(24)11-23(28(2,25)26)15-5-3-4-14(19)10-15/h3-10H,11H2,1-2H3,(H,20,22,24). The summed E-state index contributed by atoms with van der Waals surface area (Å²) in [5.41, 5.74) is 2.33. The van der Waals surface area contributed by atoms with Crippen molar-refractivity contribution < 1.29 is 13.2 Å². The Morgan fingerprint density at radius 1 is 1.18 bits per heavy atom. The van der Waals surface area contributed by atoms with Crippen LogP contribution in [0, 0.1) is 6.92 Å². The first-order valence-corrected chi connectivity index (χ1v) is 11.2. The molecule has 1 heterocycles. The minimum atomic E-state index is -3.68. The van der Waals surface area contributed by atoms with E-state index in [1.54, 1.807) is 18.2 Å². The molecule has 0 saturated heterocycles. The number of carbonyl (C=O) groups is 1. The average Bonchev–Trinajstić information content (AvgIpc) is 3.07. The van der Waals surface area contributed by atoms with Crippen LogP contribution in [0.4, 0.5) is 10.8 Å². The van der Waals surface area contributed by atoms with Gasteiger partial charge in [0.1, 0.15) is 11.6 Å². The van der Waals surface area contributed by atoms with Crippen LogP contribution in [0.15, 0.2) is 48.5 Å². The number of nitrogens with zero attached hydrogens (tertiary/aromatic N) is 3. The van der Waals surface area contributed by atoms with Crippen LogP contribution in [-0.4, -0.2) is 37.3 Å². The van der Waals surface area contributed by atoms with Gasteiger partial charge >= 0.3 is 0 Å². The molecule has 10 heteroatoms. The van der Waals surface area contributed by atoms with Gasteiger partial charge in [0, 0.05) is 10.6 Å². The zero-order valence-corrected chi connectivity index (χ0v) is 17.5. The molecule has 0 radical (unpaired) electrons. The van der Waals surface area contributed by atoms with Gasteiger partial charge in [0.15, 0.2) is 0 Å². The van der Waals surface area contributed by atoms with Crippen molar-refractivity contribution in [3.05, 3.63) is 59.1 Å². The molecule has 3 rings (SSSR count). The first kappa shape index (κ1) is 20.2. The van der Waals surface area contributed by atoms with E-state index in [1.165, 1.54) is 17.4 Å². The van der Waals surface area contributed by atoms with E-state index in [4.69, 9.17) is 11.6 Å². The molecule has 146 valence electrons. The van der Waals surface area contributed by atoms with Gasteiger partial charge in [0.2, 0.25) is 21.1 Å². The van der Waals surface area contributed by atoms with Crippen LogP contribution < -0.4 is 9.62 Å². The minimum Gasteiger partial charge on any atom is -0.299 e. The maximum Gasteiger partial charge on any atom is 0.246 e. The van der Waals surface area contributed by atoms with E-state index < -0.39 is 22.5 Å². The number of anilines is 2. The van der Waals surface area contributed by atoms with Gasteiger partial charge in [-0.3, -0.25) is 14.4 Å². The van der Waals surface area contributed by atoms with E-state index in [2.05, 4.69) is 15.5 Å². The molecule has 0 fully saturated rings. The highest BCUT2D eigenvalue weighted by Gasteiger charge is 2.22. The molecular formula is C18H17ClN4O3S2. The zero-order chi connectivity index (χ0) is 20.3. The van der Waals surface area contributed by atoms with Gasteiger partial charge < -0.3 is 0 Å². The van der Waals surface area contributed by atoms with Gasteiger partial charge in [-0.15, -0.1) is 10.2 Å². The summed E-state index contributed by atoms with van der Waals surface area (Å²) in [4.78, 5) is 12.4. The van der Waals surface area contributed by atoms with Crippen molar-refractivity contribution in [2.24, 2.45) is 0 Å². The van der Waals surface area contributed by atoms with Crippen LogP contribution in [0.1, 0.15) is 5.56 Å². The lowest BCUT2D eigenvalue weighted by Crippen LogP contribution is -2.37. The van der Waals surface area contributed by atoms with Crippen LogP contribution in [-0.2, 0) is 14.8 Å². The first-order valence-electron chi connectivity index (χ1n) is 8.16. The predicted molar refractivity (Wildman–Crippen MR) is 112 cm³/mol. The molecule has 2 aromatic carbocycles. The Labute approximate surface area is 172 Å². The number of hydrogen-bond acceptors (Lipinski definition) is 6. The third kappa shape index (κ3) is 5.06. The number of sulfonamides is 1. The highest BCUT2D eigenvalue weighted by Crippen LogP contribution is 2.27. The molecule has 0 atom stereocenters. The Balaban J connectivity index is 1.74.